The van der Waals surface area contributed by atoms with Crippen LogP contribution in [0.25, 0.3) is 56.1 Å². The Labute approximate surface area is 220 Å². The summed E-state index contributed by atoms with van der Waals surface area (Å²) in [4.78, 5) is 25.1. The zero-order valence-electron chi connectivity index (χ0n) is 21.3. The SMILES string of the molecule is Cc1cccc(-c2nccc3[nH]c(-c4n[nH]c5ccc(-c6cncc(CN7CCCCC7)c6)nc45)nc23)c1. The van der Waals surface area contributed by atoms with E-state index in [9.17, 15) is 0 Å². The van der Waals surface area contributed by atoms with Gasteiger partial charge in [0.05, 0.1) is 22.4 Å². The maximum atomic E-state index is 5.01. The van der Waals surface area contributed by atoms with Gasteiger partial charge >= 0.3 is 0 Å². The molecule has 0 amide bonds. The molecule has 1 aliphatic heterocycles. The van der Waals surface area contributed by atoms with Crippen molar-refractivity contribution in [1.82, 2.24) is 40.0 Å². The number of benzene rings is 1. The van der Waals surface area contributed by atoms with Crippen molar-refractivity contribution in [2.24, 2.45) is 0 Å². The fourth-order valence-corrected chi connectivity index (χ4v) is 5.37. The fraction of sp³-hybridized carbons (Fsp3) is 0.233. The Balaban J connectivity index is 1.26. The van der Waals surface area contributed by atoms with Crippen LogP contribution in [0.1, 0.15) is 30.4 Å². The van der Waals surface area contributed by atoms with Crippen molar-refractivity contribution in [3.63, 3.8) is 0 Å². The smallest absolute Gasteiger partial charge is 0.161 e. The van der Waals surface area contributed by atoms with E-state index in [0.717, 1.165) is 64.2 Å². The second-order valence-corrected chi connectivity index (χ2v) is 10.1. The molecule has 1 aromatic carbocycles. The highest BCUT2D eigenvalue weighted by Crippen LogP contribution is 2.31. The number of piperidine rings is 1. The second-order valence-electron chi connectivity index (χ2n) is 10.1. The van der Waals surface area contributed by atoms with Crippen LogP contribution in [0.4, 0.5) is 0 Å². The quantitative estimate of drug-likeness (QED) is 0.305. The first kappa shape index (κ1) is 22.7. The molecule has 8 heteroatoms. The maximum Gasteiger partial charge on any atom is 0.161 e. The molecule has 5 aromatic heterocycles. The number of pyridine rings is 3. The normalized spacial score (nSPS) is 14.4. The number of imidazole rings is 1. The fourth-order valence-electron chi connectivity index (χ4n) is 5.37. The van der Waals surface area contributed by atoms with Crippen molar-refractivity contribution in [3.8, 4) is 34.0 Å². The average Bonchev–Trinajstić information content (AvgIpc) is 3.57. The zero-order valence-corrected chi connectivity index (χ0v) is 21.3. The van der Waals surface area contributed by atoms with Gasteiger partial charge in [0.25, 0.3) is 0 Å². The summed E-state index contributed by atoms with van der Waals surface area (Å²) < 4.78 is 0. The van der Waals surface area contributed by atoms with Crippen LogP contribution in [-0.2, 0) is 6.54 Å². The number of aromatic amines is 2. The Morgan fingerprint density at radius 1 is 0.842 bits per heavy atom. The van der Waals surface area contributed by atoms with E-state index in [1.54, 1.807) is 0 Å². The van der Waals surface area contributed by atoms with Crippen LogP contribution in [0, 0.1) is 6.92 Å². The third-order valence-electron chi connectivity index (χ3n) is 7.27. The van der Waals surface area contributed by atoms with Gasteiger partial charge in [-0.2, -0.15) is 5.10 Å². The standard InChI is InChI=1S/C30H28N8/c1-19-6-5-7-21(14-19)26-27-24(10-11-32-26)34-30(35-27)29-28-25(36-37-29)9-8-23(33-28)22-15-20(16-31-17-22)18-38-12-3-2-4-13-38/h5-11,14-17H,2-4,12-13,18H2,1H3,(H,34,35)(H,36,37). The van der Waals surface area contributed by atoms with E-state index >= 15 is 0 Å². The topological polar surface area (TPSA) is 99.3 Å². The van der Waals surface area contributed by atoms with Crippen LogP contribution >= 0.6 is 0 Å². The number of rotatable bonds is 5. The Hall–Kier alpha value is -4.43. The molecule has 6 heterocycles. The van der Waals surface area contributed by atoms with Gasteiger partial charge in [0.2, 0.25) is 0 Å². The molecule has 0 spiro atoms. The lowest BCUT2D eigenvalue weighted by molar-refractivity contribution is 0.220. The number of aryl methyl sites for hydroxylation is 1. The number of fused-ring (bicyclic) bond motifs is 2. The van der Waals surface area contributed by atoms with Gasteiger partial charge in [0, 0.05) is 36.3 Å². The highest BCUT2D eigenvalue weighted by molar-refractivity contribution is 5.95. The van der Waals surface area contributed by atoms with Gasteiger partial charge in [-0.1, -0.05) is 30.2 Å². The third-order valence-corrected chi connectivity index (χ3v) is 7.27. The third kappa shape index (κ3) is 4.22. The van der Waals surface area contributed by atoms with Crippen LogP contribution in [0.15, 0.2) is 67.1 Å². The van der Waals surface area contributed by atoms with Gasteiger partial charge in [0.1, 0.15) is 11.0 Å². The van der Waals surface area contributed by atoms with E-state index in [1.807, 2.05) is 42.9 Å². The van der Waals surface area contributed by atoms with Crippen LogP contribution < -0.4 is 0 Å². The van der Waals surface area contributed by atoms with Crippen molar-refractivity contribution in [2.45, 2.75) is 32.7 Å². The minimum Gasteiger partial charge on any atom is -0.336 e. The van der Waals surface area contributed by atoms with Crippen molar-refractivity contribution < 1.29 is 0 Å². The van der Waals surface area contributed by atoms with Crippen molar-refractivity contribution in [2.75, 3.05) is 13.1 Å². The molecule has 0 atom stereocenters. The van der Waals surface area contributed by atoms with Gasteiger partial charge in [-0.05, 0) is 68.8 Å². The first-order valence-corrected chi connectivity index (χ1v) is 13.2. The number of nitrogens with one attached hydrogen (secondary N) is 2. The van der Waals surface area contributed by atoms with Gasteiger partial charge in [0.15, 0.2) is 11.5 Å². The van der Waals surface area contributed by atoms with Crippen LogP contribution in [0.3, 0.4) is 0 Å². The Kier molecular flexibility index (Phi) is 5.66. The van der Waals surface area contributed by atoms with E-state index < -0.39 is 0 Å². The van der Waals surface area contributed by atoms with Crippen LogP contribution in [0.2, 0.25) is 0 Å². The monoisotopic (exact) mass is 500 g/mol. The summed E-state index contributed by atoms with van der Waals surface area (Å²) in [5, 5.41) is 7.70. The summed E-state index contributed by atoms with van der Waals surface area (Å²) in [7, 11) is 0. The summed E-state index contributed by atoms with van der Waals surface area (Å²) in [5.41, 5.74) is 10.2. The zero-order chi connectivity index (χ0) is 25.5. The Bertz CT molecular complexity index is 1760. The minimum absolute atomic E-state index is 0.662. The highest BCUT2D eigenvalue weighted by atomic mass is 15.2. The molecule has 0 unspecified atom stereocenters. The van der Waals surface area contributed by atoms with E-state index in [2.05, 4.69) is 61.2 Å². The summed E-state index contributed by atoms with van der Waals surface area (Å²) in [6.45, 7) is 5.32. The lowest BCUT2D eigenvalue weighted by Crippen LogP contribution is -2.29. The van der Waals surface area contributed by atoms with Crippen molar-refractivity contribution in [1.29, 1.82) is 0 Å². The molecule has 0 saturated carbocycles. The molecule has 7 rings (SSSR count). The second kappa shape index (κ2) is 9.46. The van der Waals surface area contributed by atoms with Gasteiger partial charge in [-0.15, -0.1) is 0 Å². The molecule has 188 valence electrons. The average molecular weight is 501 g/mol. The lowest BCUT2D eigenvalue weighted by atomic mass is 10.1. The Morgan fingerprint density at radius 2 is 1.74 bits per heavy atom. The number of likely N-dealkylation sites (tertiary alicyclic amines) is 1. The number of aromatic nitrogens is 7. The highest BCUT2D eigenvalue weighted by Gasteiger charge is 2.18. The predicted octanol–water partition coefficient (Wildman–Crippen LogP) is 5.92. The number of hydrogen-bond acceptors (Lipinski definition) is 6. The lowest BCUT2D eigenvalue weighted by Gasteiger charge is -2.26. The Morgan fingerprint density at radius 3 is 2.63 bits per heavy atom. The molecule has 8 nitrogen and oxygen atoms in total. The van der Waals surface area contributed by atoms with Crippen LogP contribution in [0.5, 0.6) is 0 Å². The van der Waals surface area contributed by atoms with E-state index in [4.69, 9.17) is 9.97 Å². The molecule has 38 heavy (non-hydrogen) atoms. The van der Waals surface area contributed by atoms with Gasteiger partial charge in [-0.3, -0.25) is 20.0 Å². The number of hydrogen-bond donors (Lipinski definition) is 2. The molecule has 2 N–H and O–H groups in total. The summed E-state index contributed by atoms with van der Waals surface area (Å²) in [5.74, 6) is 0.662. The van der Waals surface area contributed by atoms with Crippen LogP contribution in [-0.4, -0.2) is 53.1 Å². The number of H-pyrrole nitrogens is 2. The molecule has 0 radical (unpaired) electrons. The van der Waals surface area contributed by atoms with Crippen molar-refractivity contribution >= 4 is 22.1 Å². The number of nitrogens with zero attached hydrogens (tertiary/aromatic N) is 6. The molecule has 1 fully saturated rings. The first-order valence-electron chi connectivity index (χ1n) is 13.2. The summed E-state index contributed by atoms with van der Waals surface area (Å²) in [6, 6.07) is 16.5. The van der Waals surface area contributed by atoms with E-state index in [-0.39, 0.29) is 0 Å². The summed E-state index contributed by atoms with van der Waals surface area (Å²) >= 11 is 0. The molecule has 6 aromatic rings. The minimum atomic E-state index is 0.662. The molecular formula is C30H28N8. The molecule has 0 aliphatic carbocycles. The molecular weight excluding hydrogens is 472 g/mol. The predicted molar refractivity (Wildman–Crippen MR) is 149 cm³/mol. The largest absolute Gasteiger partial charge is 0.336 e. The first-order chi connectivity index (χ1) is 18.7. The summed E-state index contributed by atoms with van der Waals surface area (Å²) in [6.07, 6.45) is 9.55. The van der Waals surface area contributed by atoms with Gasteiger partial charge in [-0.25, -0.2) is 9.97 Å². The van der Waals surface area contributed by atoms with E-state index in [0.29, 0.717) is 11.5 Å². The van der Waals surface area contributed by atoms with Crippen molar-refractivity contribution in [3.05, 3.63) is 78.2 Å². The van der Waals surface area contributed by atoms with E-state index in [1.165, 1.54) is 30.4 Å². The maximum absolute atomic E-state index is 5.01. The molecule has 1 aliphatic rings. The molecule has 0 bridgehead atoms. The van der Waals surface area contributed by atoms with Gasteiger partial charge < -0.3 is 4.98 Å². The molecule has 1 saturated heterocycles.